The van der Waals surface area contributed by atoms with Crippen LogP contribution in [0.5, 0.6) is 5.75 Å². The highest BCUT2D eigenvalue weighted by Gasteiger charge is 2.16. The maximum absolute atomic E-state index is 11.9. The number of rotatable bonds is 20. The monoisotopic (exact) mass is 626 g/mol. The standard InChI is InChI=1S/C36H58N4O5/c1-35(2,3)44-33(41)39-23-14-21-37-27-30-19-20-32(43-25-13-8-7-10-16-29-17-11-9-12-18-29)31(26-30)28-38-22-15-24-40-34(42)45-36(4,5)6/h9,11-12,17-20,26,37-38H,7-8,10,13-16,21-25,27-28H2,1-6H3,(H,39,41)(H,40,42). The first kappa shape index (κ1) is 37.9. The maximum Gasteiger partial charge on any atom is 0.407 e. The third kappa shape index (κ3) is 19.6. The minimum Gasteiger partial charge on any atom is -0.493 e. The van der Waals surface area contributed by atoms with Gasteiger partial charge >= 0.3 is 12.2 Å². The minimum atomic E-state index is -0.502. The minimum absolute atomic E-state index is 0.386. The fraction of sp³-hybridized carbons (Fsp3) is 0.611. The summed E-state index contributed by atoms with van der Waals surface area (Å²) in [5, 5.41) is 12.6. The molecule has 0 bridgehead atoms. The lowest BCUT2D eigenvalue weighted by Gasteiger charge is -2.19. The van der Waals surface area contributed by atoms with Crippen LogP contribution in [0.4, 0.5) is 9.59 Å². The summed E-state index contributed by atoms with van der Waals surface area (Å²) in [7, 11) is 0. The predicted octanol–water partition coefficient (Wildman–Crippen LogP) is 6.88. The Bertz CT molecular complexity index is 1110. The van der Waals surface area contributed by atoms with Crippen molar-refractivity contribution in [2.45, 2.75) is 111 Å². The van der Waals surface area contributed by atoms with Gasteiger partial charge in [-0.3, -0.25) is 0 Å². The molecule has 0 fully saturated rings. The molecule has 0 saturated heterocycles. The largest absolute Gasteiger partial charge is 0.493 e. The summed E-state index contributed by atoms with van der Waals surface area (Å²) in [6, 6.07) is 17.0. The van der Waals surface area contributed by atoms with Crippen LogP contribution in [-0.4, -0.2) is 56.2 Å². The highest BCUT2D eigenvalue weighted by Crippen LogP contribution is 2.21. The van der Waals surface area contributed by atoms with E-state index < -0.39 is 11.2 Å². The van der Waals surface area contributed by atoms with E-state index in [1.54, 1.807) is 0 Å². The first-order valence-electron chi connectivity index (χ1n) is 16.5. The Kier molecular flexibility index (Phi) is 17.4. The lowest BCUT2D eigenvalue weighted by Crippen LogP contribution is -2.33. The van der Waals surface area contributed by atoms with Gasteiger partial charge in [-0.25, -0.2) is 9.59 Å². The Morgan fingerprint density at radius 2 is 1.20 bits per heavy atom. The van der Waals surface area contributed by atoms with Crippen molar-refractivity contribution in [3.63, 3.8) is 0 Å². The first-order valence-corrected chi connectivity index (χ1v) is 16.5. The zero-order valence-electron chi connectivity index (χ0n) is 28.6. The Hall–Kier alpha value is -3.30. The third-order valence-corrected chi connectivity index (χ3v) is 6.63. The smallest absolute Gasteiger partial charge is 0.407 e. The number of aryl methyl sites for hydroxylation is 1. The van der Waals surface area contributed by atoms with E-state index in [9.17, 15) is 9.59 Å². The number of hydrogen-bond donors (Lipinski definition) is 4. The number of hydrogen-bond acceptors (Lipinski definition) is 7. The SMILES string of the molecule is CC(C)(C)OC(=O)NCCCNCc1ccc(OCCCCCCc2ccccc2)c(CNCCCNC(=O)OC(C)(C)C)c1. The summed E-state index contributed by atoms with van der Waals surface area (Å²) in [5.74, 6) is 0.906. The topological polar surface area (TPSA) is 110 Å². The molecule has 9 heteroatoms. The molecular weight excluding hydrogens is 568 g/mol. The second-order valence-corrected chi connectivity index (χ2v) is 13.4. The molecule has 2 aromatic carbocycles. The van der Waals surface area contributed by atoms with Crippen molar-refractivity contribution in [3.8, 4) is 5.75 Å². The molecule has 0 radical (unpaired) electrons. The number of alkyl carbamates (subject to hydrolysis) is 2. The summed E-state index contributed by atoms with van der Waals surface area (Å²) < 4.78 is 16.8. The lowest BCUT2D eigenvalue weighted by atomic mass is 10.1. The van der Waals surface area contributed by atoms with Crippen molar-refractivity contribution < 1.29 is 23.8 Å². The van der Waals surface area contributed by atoms with Crippen LogP contribution in [0.3, 0.4) is 0 Å². The van der Waals surface area contributed by atoms with Gasteiger partial charge in [0.2, 0.25) is 0 Å². The molecule has 0 aromatic heterocycles. The quantitative estimate of drug-likeness (QED) is 0.119. The molecule has 0 heterocycles. The van der Waals surface area contributed by atoms with E-state index in [1.807, 2.05) is 41.5 Å². The molecule has 0 atom stereocenters. The van der Waals surface area contributed by atoms with Crippen LogP contribution in [0.1, 0.15) is 96.8 Å². The molecule has 2 amide bonds. The van der Waals surface area contributed by atoms with Crippen LogP contribution in [0, 0.1) is 0 Å². The molecule has 4 N–H and O–H groups in total. The van der Waals surface area contributed by atoms with E-state index >= 15 is 0 Å². The van der Waals surface area contributed by atoms with Crippen LogP contribution in [0.2, 0.25) is 0 Å². The van der Waals surface area contributed by atoms with E-state index in [-0.39, 0.29) is 12.2 Å². The summed E-state index contributed by atoms with van der Waals surface area (Å²) in [6.07, 6.45) is 6.51. The molecule has 252 valence electrons. The van der Waals surface area contributed by atoms with Gasteiger partial charge in [-0.05, 0) is 110 Å². The average Bonchev–Trinajstić information content (AvgIpc) is 2.95. The van der Waals surface area contributed by atoms with Crippen LogP contribution >= 0.6 is 0 Å². The first-order chi connectivity index (χ1) is 21.4. The molecule has 45 heavy (non-hydrogen) atoms. The van der Waals surface area contributed by atoms with Gasteiger partial charge in [0, 0.05) is 31.7 Å². The second-order valence-electron chi connectivity index (χ2n) is 13.4. The molecule has 0 saturated carbocycles. The normalized spacial score (nSPS) is 11.6. The fourth-order valence-corrected chi connectivity index (χ4v) is 4.53. The molecule has 0 spiro atoms. The highest BCUT2D eigenvalue weighted by molar-refractivity contribution is 5.67. The molecule has 0 unspecified atom stereocenters. The Balaban J connectivity index is 1.77. The highest BCUT2D eigenvalue weighted by atomic mass is 16.6. The van der Waals surface area contributed by atoms with Crippen molar-refractivity contribution in [1.29, 1.82) is 0 Å². The van der Waals surface area contributed by atoms with Gasteiger partial charge in [0.25, 0.3) is 0 Å². The molecule has 0 aliphatic rings. The second kappa shape index (κ2) is 20.7. The van der Waals surface area contributed by atoms with Crippen molar-refractivity contribution in [3.05, 3.63) is 65.2 Å². The number of benzene rings is 2. The third-order valence-electron chi connectivity index (χ3n) is 6.63. The van der Waals surface area contributed by atoms with Gasteiger partial charge in [-0.2, -0.15) is 0 Å². The van der Waals surface area contributed by atoms with Gasteiger partial charge < -0.3 is 35.5 Å². The van der Waals surface area contributed by atoms with Crippen molar-refractivity contribution in [1.82, 2.24) is 21.3 Å². The number of amides is 2. The van der Waals surface area contributed by atoms with Crippen LogP contribution < -0.4 is 26.0 Å². The number of carbonyl (C=O) groups is 2. The molecule has 0 aliphatic carbocycles. The van der Waals surface area contributed by atoms with E-state index in [1.165, 1.54) is 24.0 Å². The Morgan fingerprint density at radius 3 is 1.80 bits per heavy atom. The van der Waals surface area contributed by atoms with Gasteiger partial charge in [-0.1, -0.05) is 49.2 Å². The summed E-state index contributed by atoms with van der Waals surface area (Å²) in [5.41, 5.74) is 2.69. The number of unbranched alkanes of at least 4 members (excludes halogenated alkanes) is 3. The van der Waals surface area contributed by atoms with Gasteiger partial charge in [0.15, 0.2) is 0 Å². The molecular formula is C36H58N4O5. The van der Waals surface area contributed by atoms with Crippen LogP contribution in [-0.2, 0) is 29.0 Å². The van der Waals surface area contributed by atoms with Crippen LogP contribution in [0.25, 0.3) is 0 Å². The van der Waals surface area contributed by atoms with E-state index in [0.29, 0.717) is 26.2 Å². The van der Waals surface area contributed by atoms with Gasteiger partial charge in [0.1, 0.15) is 17.0 Å². The van der Waals surface area contributed by atoms with E-state index in [0.717, 1.165) is 63.1 Å². The zero-order chi connectivity index (χ0) is 33.0. The maximum atomic E-state index is 11.9. The van der Waals surface area contributed by atoms with Crippen molar-refractivity contribution in [2.24, 2.45) is 0 Å². The summed E-state index contributed by atoms with van der Waals surface area (Å²) in [6.45, 7) is 15.8. The van der Waals surface area contributed by atoms with Crippen molar-refractivity contribution >= 4 is 12.2 Å². The number of nitrogens with one attached hydrogen (secondary N) is 4. The lowest BCUT2D eigenvalue weighted by molar-refractivity contribution is 0.0515. The van der Waals surface area contributed by atoms with Crippen LogP contribution in [0.15, 0.2) is 48.5 Å². The van der Waals surface area contributed by atoms with E-state index in [2.05, 4.69) is 69.8 Å². The molecule has 0 aliphatic heterocycles. The molecule has 2 rings (SSSR count). The summed E-state index contributed by atoms with van der Waals surface area (Å²) >= 11 is 0. The van der Waals surface area contributed by atoms with E-state index in [4.69, 9.17) is 14.2 Å². The summed E-state index contributed by atoms with van der Waals surface area (Å²) in [4.78, 5) is 23.7. The zero-order valence-corrected chi connectivity index (χ0v) is 28.6. The fourth-order valence-electron chi connectivity index (χ4n) is 4.53. The average molecular weight is 627 g/mol. The Morgan fingerprint density at radius 1 is 0.622 bits per heavy atom. The molecule has 9 nitrogen and oxygen atoms in total. The number of ether oxygens (including phenoxy) is 3. The Labute approximate surface area is 271 Å². The van der Waals surface area contributed by atoms with Crippen molar-refractivity contribution in [2.75, 3.05) is 32.8 Å². The molecule has 2 aromatic rings. The van der Waals surface area contributed by atoms with Gasteiger partial charge in [0.05, 0.1) is 6.61 Å². The van der Waals surface area contributed by atoms with Gasteiger partial charge in [-0.15, -0.1) is 0 Å². The predicted molar refractivity (Wildman–Crippen MR) is 182 cm³/mol. The number of carbonyl (C=O) groups excluding carboxylic acids is 2.